The molecule has 0 radical (unpaired) electrons. The molecular weight excluding hydrogens is 326 g/mol. The number of sulfonamides is 1. The van der Waals surface area contributed by atoms with E-state index in [-0.39, 0.29) is 14.9 Å². The van der Waals surface area contributed by atoms with Crippen LogP contribution in [0, 0.1) is 0 Å². The summed E-state index contributed by atoms with van der Waals surface area (Å²) in [6, 6.07) is 0. The Morgan fingerprint density at radius 2 is 2.37 bits per heavy atom. The van der Waals surface area contributed by atoms with E-state index in [0.29, 0.717) is 11.5 Å². The SMILES string of the molecule is CSC1(CNS(=O)(=O)c2c(Cl)nc3sccn23)CC1. The molecule has 2 aromatic heterocycles. The molecule has 0 amide bonds. The molecule has 3 rings (SSSR count). The fourth-order valence-corrected chi connectivity index (χ4v) is 5.26. The van der Waals surface area contributed by atoms with E-state index < -0.39 is 10.0 Å². The summed E-state index contributed by atoms with van der Waals surface area (Å²) in [5, 5.41) is 1.83. The number of rotatable bonds is 5. The maximum absolute atomic E-state index is 12.4. The van der Waals surface area contributed by atoms with Crippen LogP contribution in [0.5, 0.6) is 0 Å². The number of halogens is 1. The smallest absolute Gasteiger partial charge is 0.259 e. The first-order valence-electron chi connectivity index (χ1n) is 5.63. The molecule has 104 valence electrons. The number of imidazole rings is 1. The monoisotopic (exact) mass is 337 g/mol. The Kier molecular flexibility index (Phi) is 3.33. The van der Waals surface area contributed by atoms with Gasteiger partial charge in [0.15, 0.2) is 15.1 Å². The Balaban J connectivity index is 1.91. The lowest BCUT2D eigenvalue weighted by molar-refractivity contribution is 0.575. The highest BCUT2D eigenvalue weighted by Crippen LogP contribution is 2.46. The first kappa shape index (κ1) is 13.7. The summed E-state index contributed by atoms with van der Waals surface area (Å²) in [6.07, 6.45) is 5.76. The average Bonchev–Trinajstić information content (AvgIpc) is 2.90. The zero-order valence-electron chi connectivity index (χ0n) is 10.1. The summed E-state index contributed by atoms with van der Waals surface area (Å²) in [4.78, 5) is 4.62. The predicted octanol–water partition coefficient (Wildman–Crippen LogP) is 2.22. The molecule has 1 N–H and O–H groups in total. The van der Waals surface area contributed by atoms with Crippen molar-refractivity contribution >= 4 is 49.7 Å². The number of hydrogen-bond acceptors (Lipinski definition) is 5. The van der Waals surface area contributed by atoms with E-state index in [1.165, 1.54) is 15.7 Å². The molecule has 0 bridgehead atoms. The number of thiazole rings is 1. The highest BCUT2D eigenvalue weighted by Gasteiger charge is 2.43. The summed E-state index contributed by atoms with van der Waals surface area (Å²) in [6.45, 7) is 0.435. The van der Waals surface area contributed by atoms with Crippen molar-refractivity contribution in [1.82, 2.24) is 14.1 Å². The summed E-state index contributed by atoms with van der Waals surface area (Å²) < 4.78 is 28.9. The van der Waals surface area contributed by atoms with Crippen molar-refractivity contribution in [2.24, 2.45) is 0 Å². The molecule has 0 saturated heterocycles. The molecule has 0 aromatic carbocycles. The first-order chi connectivity index (χ1) is 8.97. The van der Waals surface area contributed by atoms with Crippen LogP contribution in [-0.4, -0.2) is 35.4 Å². The van der Waals surface area contributed by atoms with Crippen LogP contribution in [0.4, 0.5) is 0 Å². The van der Waals surface area contributed by atoms with Crippen LogP contribution < -0.4 is 4.72 Å². The molecule has 1 fully saturated rings. The largest absolute Gasteiger partial charge is 0.279 e. The van der Waals surface area contributed by atoms with Gasteiger partial charge in [-0.15, -0.1) is 11.3 Å². The third-order valence-electron chi connectivity index (χ3n) is 3.26. The van der Waals surface area contributed by atoms with Gasteiger partial charge in [-0.3, -0.25) is 4.40 Å². The lowest BCUT2D eigenvalue weighted by Crippen LogP contribution is -2.32. The predicted molar refractivity (Wildman–Crippen MR) is 78.7 cm³/mol. The Morgan fingerprint density at radius 3 is 3.00 bits per heavy atom. The maximum Gasteiger partial charge on any atom is 0.259 e. The third-order valence-corrected chi connectivity index (χ3v) is 7.23. The van der Waals surface area contributed by atoms with E-state index >= 15 is 0 Å². The number of nitrogens with one attached hydrogen (secondary N) is 1. The van der Waals surface area contributed by atoms with Gasteiger partial charge in [-0.05, 0) is 19.1 Å². The minimum atomic E-state index is -3.64. The van der Waals surface area contributed by atoms with Crippen LogP contribution >= 0.6 is 34.7 Å². The Labute approximate surface area is 124 Å². The van der Waals surface area contributed by atoms with Crippen molar-refractivity contribution < 1.29 is 8.42 Å². The van der Waals surface area contributed by atoms with Gasteiger partial charge >= 0.3 is 0 Å². The van der Waals surface area contributed by atoms with Gasteiger partial charge in [0.1, 0.15) is 0 Å². The van der Waals surface area contributed by atoms with Crippen LogP contribution in [0.25, 0.3) is 4.96 Å². The topological polar surface area (TPSA) is 63.5 Å². The van der Waals surface area contributed by atoms with Crippen molar-refractivity contribution in [3.05, 3.63) is 16.7 Å². The summed E-state index contributed by atoms with van der Waals surface area (Å²) in [5.41, 5.74) is 0. The molecule has 1 aliphatic rings. The van der Waals surface area contributed by atoms with E-state index in [2.05, 4.69) is 9.71 Å². The van der Waals surface area contributed by atoms with Crippen LogP contribution in [0.2, 0.25) is 5.15 Å². The van der Waals surface area contributed by atoms with E-state index in [4.69, 9.17) is 11.6 Å². The van der Waals surface area contributed by atoms with Gasteiger partial charge in [0, 0.05) is 22.9 Å². The molecule has 0 spiro atoms. The molecule has 0 aliphatic heterocycles. The number of aromatic nitrogens is 2. The van der Waals surface area contributed by atoms with Crippen LogP contribution in [0.3, 0.4) is 0 Å². The van der Waals surface area contributed by atoms with Crippen molar-refractivity contribution in [3.8, 4) is 0 Å². The van der Waals surface area contributed by atoms with E-state index in [1.54, 1.807) is 23.3 Å². The van der Waals surface area contributed by atoms with Gasteiger partial charge in [0.25, 0.3) is 10.0 Å². The molecule has 0 atom stereocenters. The molecule has 2 heterocycles. The zero-order valence-corrected chi connectivity index (χ0v) is 13.3. The maximum atomic E-state index is 12.4. The molecule has 0 unspecified atom stereocenters. The van der Waals surface area contributed by atoms with Gasteiger partial charge in [-0.2, -0.15) is 11.8 Å². The Hall–Kier alpha value is -0.280. The highest BCUT2D eigenvalue weighted by molar-refractivity contribution is 8.00. The number of fused-ring (bicyclic) bond motifs is 1. The Morgan fingerprint density at radius 1 is 1.63 bits per heavy atom. The number of nitrogens with zero attached hydrogens (tertiary/aromatic N) is 2. The van der Waals surface area contributed by atoms with Crippen LogP contribution in [-0.2, 0) is 10.0 Å². The van der Waals surface area contributed by atoms with Gasteiger partial charge in [0.2, 0.25) is 0 Å². The molecular formula is C10H12ClN3O2S3. The summed E-state index contributed by atoms with van der Waals surface area (Å²) >= 11 is 9.00. The summed E-state index contributed by atoms with van der Waals surface area (Å²) in [7, 11) is -3.64. The van der Waals surface area contributed by atoms with Crippen molar-refractivity contribution in [1.29, 1.82) is 0 Å². The van der Waals surface area contributed by atoms with Crippen LogP contribution in [0.1, 0.15) is 12.8 Å². The minimum absolute atomic E-state index is 0.0216. The second kappa shape index (κ2) is 4.63. The highest BCUT2D eigenvalue weighted by atomic mass is 35.5. The normalized spacial score (nSPS) is 18.0. The van der Waals surface area contributed by atoms with Crippen molar-refractivity contribution in [2.45, 2.75) is 22.6 Å². The molecule has 5 nitrogen and oxygen atoms in total. The minimum Gasteiger partial charge on any atom is -0.279 e. The van der Waals surface area contributed by atoms with Crippen molar-refractivity contribution in [2.75, 3.05) is 12.8 Å². The number of hydrogen-bond donors (Lipinski definition) is 1. The standard InChI is InChI=1S/C10H12ClN3O2S3/c1-17-10(2-3-10)6-12-19(15,16)8-7(11)13-9-14(8)4-5-18-9/h4-5,12H,2-3,6H2,1H3. The van der Waals surface area contributed by atoms with Gasteiger partial charge in [-0.1, -0.05) is 11.6 Å². The van der Waals surface area contributed by atoms with E-state index in [1.807, 2.05) is 6.26 Å². The molecule has 1 aliphatic carbocycles. The second-order valence-corrected chi connectivity index (χ2v) is 8.66. The lowest BCUT2D eigenvalue weighted by atomic mass is 10.4. The molecule has 2 aromatic rings. The van der Waals surface area contributed by atoms with Crippen molar-refractivity contribution in [3.63, 3.8) is 0 Å². The van der Waals surface area contributed by atoms with Gasteiger partial charge in [0.05, 0.1) is 0 Å². The van der Waals surface area contributed by atoms with E-state index in [9.17, 15) is 8.42 Å². The third kappa shape index (κ3) is 2.40. The average molecular weight is 338 g/mol. The Bertz CT molecular complexity index is 718. The van der Waals surface area contributed by atoms with Crippen LogP contribution in [0.15, 0.2) is 16.6 Å². The molecule has 1 saturated carbocycles. The number of thioether (sulfide) groups is 1. The molecule has 9 heteroatoms. The fourth-order valence-electron chi connectivity index (χ4n) is 1.87. The quantitative estimate of drug-likeness (QED) is 0.908. The summed E-state index contributed by atoms with van der Waals surface area (Å²) in [5.74, 6) is 0. The second-order valence-electron chi connectivity index (χ2n) is 4.48. The lowest BCUT2D eigenvalue weighted by Gasteiger charge is -2.13. The van der Waals surface area contributed by atoms with E-state index in [0.717, 1.165) is 12.8 Å². The molecule has 19 heavy (non-hydrogen) atoms. The van der Waals surface area contributed by atoms with Gasteiger partial charge in [-0.25, -0.2) is 18.1 Å². The fraction of sp³-hybridized carbons (Fsp3) is 0.500. The zero-order chi connectivity index (χ0) is 13.7. The van der Waals surface area contributed by atoms with Gasteiger partial charge < -0.3 is 0 Å². The first-order valence-corrected chi connectivity index (χ1v) is 9.60.